The fraction of sp³-hybridized carbons (Fsp3) is 0.118. The van der Waals surface area contributed by atoms with E-state index < -0.39 is 58.1 Å². The third-order valence-corrected chi connectivity index (χ3v) is 8.30. The lowest BCUT2D eigenvalue weighted by Gasteiger charge is -2.15. The first-order valence-corrected chi connectivity index (χ1v) is 14.9. The summed E-state index contributed by atoms with van der Waals surface area (Å²) in [5.74, 6) is -11.4. The molecule has 0 aliphatic rings. The first-order chi connectivity index (χ1) is 24.7. The molecular formula is C34H24F4N6O8. The molecule has 6 aromatic rings. The Morgan fingerprint density at radius 3 is 1.27 bits per heavy atom. The molecule has 2 aromatic heterocycles. The maximum Gasteiger partial charge on any atom is 0.336 e. The third-order valence-electron chi connectivity index (χ3n) is 8.30. The lowest BCUT2D eigenvalue weighted by molar-refractivity contribution is 0.0686. The number of aromatic carboxylic acids is 2. The molecule has 0 fully saturated rings. The van der Waals surface area contributed by atoms with Gasteiger partial charge in [-0.05, 0) is 48.5 Å². The summed E-state index contributed by atoms with van der Waals surface area (Å²) in [5, 5.41) is 19.9. The van der Waals surface area contributed by atoms with Crippen LogP contribution in [0.3, 0.4) is 0 Å². The number of carbonyl (C=O) groups excluding carboxylic acids is 2. The van der Waals surface area contributed by atoms with E-state index in [4.69, 9.17) is 20.9 Å². The second-order valence-electron chi connectivity index (χ2n) is 11.2. The second-order valence-corrected chi connectivity index (χ2v) is 11.2. The summed E-state index contributed by atoms with van der Waals surface area (Å²) in [6.45, 7) is -0.485. The molecule has 2 amide bonds. The number of hydrogen-bond donors (Lipinski definition) is 4. The summed E-state index contributed by atoms with van der Waals surface area (Å²) in [6.07, 6.45) is 0. The van der Waals surface area contributed by atoms with Gasteiger partial charge in [0, 0.05) is 24.2 Å². The Kier molecular flexibility index (Phi) is 8.75. The van der Waals surface area contributed by atoms with E-state index in [9.17, 15) is 47.0 Å². The van der Waals surface area contributed by atoms with Crippen molar-refractivity contribution in [1.29, 1.82) is 0 Å². The number of hydrogen-bond acceptors (Lipinski definition) is 8. The van der Waals surface area contributed by atoms with Crippen LogP contribution in [-0.4, -0.2) is 67.3 Å². The van der Waals surface area contributed by atoms with E-state index in [2.05, 4.69) is 9.97 Å². The number of benzene rings is 4. The SMILES string of the molecule is COc1c(C(N)=O)ccc2c1nc(-c1cc(F)c(F)cc1C(=O)O)n2CCn1c(-c2cc(F)c(F)cc2C(=O)O)nc2c(OC)c(C(N)=O)ccc21. The molecule has 0 radical (unpaired) electrons. The van der Waals surface area contributed by atoms with Gasteiger partial charge >= 0.3 is 11.9 Å². The minimum Gasteiger partial charge on any atom is -0.494 e. The number of aryl methyl sites for hydroxylation is 2. The van der Waals surface area contributed by atoms with Gasteiger partial charge in [-0.1, -0.05) is 0 Å². The van der Waals surface area contributed by atoms with Gasteiger partial charge in [-0.3, -0.25) is 9.59 Å². The minimum absolute atomic E-state index is 0.0212. The molecule has 2 heterocycles. The van der Waals surface area contributed by atoms with Crippen molar-refractivity contribution >= 4 is 45.8 Å². The highest BCUT2D eigenvalue weighted by Gasteiger charge is 2.28. The van der Waals surface area contributed by atoms with Crippen LogP contribution in [0.4, 0.5) is 17.6 Å². The molecule has 0 aliphatic carbocycles. The van der Waals surface area contributed by atoms with Crippen molar-refractivity contribution in [1.82, 2.24) is 19.1 Å². The van der Waals surface area contributed by atoms with E-state index in [1.165, 1.54) is 47.6 Å². The quantitative estimate of drug-likeness (QED) is 0.137. The molecule has 0 bridgehead atoms. The van der Waals surface area contributed by atoms with E-state index in [1.807, 2.05) is 0 Å². The molecule has 0 saturated carbocycles. The highest BCUT2D eigenvalue weighted by Crippen LogP contribution is 2.38. The highest BCUT2D eigenvalue weighted by atomic mass is 19.2. The Balaban J connectivity index is 1.65. The Morgan fingerprint density at radius 2 is 0.962 bits per heavy atom. The number of carboxylic acid groups (broad SMARTS) is 2. The largest absolute Gasteiger partial charge is 0.494 e. The summed E-state index contributed by atoms with van der Waals surface area (Å²) in [7, 11) is 2.44. The molecule has 0 unspecified atom stereocenters. The minimum atomic E-state index is -1.63. The predicted octanol–water partition coefficient (Wildman–Crippen LogP) is 4.59. The van der Waals surface area contributed by atoms with E-state index in [0.29, 0.717) is 24.3 Å². The zero-order valence-electron chi connectivity index (χ0n) is 26.8. The number of aromatic nitrogens is 4. The molecule has 18 heteroatoms. The molecule has 0 spiro atoms. The van der Waals surface area contributed by atoms with Gasteiger partial charge in [-0.15, -0.1) is 0 Å². The molecule has 0 atom stereocenters. The number of ether oxygens (including phenoxy) is 2. The van der Waals surface area contributed by atoms with Gasteiger partial charge in [0.2, 0.25) is 0 Å². The summed E-state index contributed by atoms with van der Waals surface area (Å²) in [5.41, 5.74) is 9.10. The molecule has 14 nitrogen and oxygen atoms in total. The van der Waals surface area contributed by atoms with Gasteiger partial charge < -0.3 is 40.3 Å². The van der Waals surface area contributed by atoms with Gasteiger partial charge in [0.05, 0.1) is 47.5 Å². The second kappa shape index (κ2) is 13.0. The van der Waals surface area contributed by atoms with Crippen molar-refractivity contribution in [2.45, 2.75) is 13.1 Å². The monoisotopic (exact) mass is 720 g/mol. The van der Waals surface area contributed by atoms with E-state index in [0.717, 1.165) is 0 Å². The van der Waals surface area contributed by atoms with Crippen LogP contribution >= 0.6 is 0 Å². The third kappa shape index (κ3) is 5.64. The fourth-order valence-electron chi connectivity index (χ4n) is 6.02. The zero-order valence-corrected chi connectivity index (χ0v) is 26.8. The van der Waals surface area contributed by atoms with E-state index in [1.54, 1.807) is 0 Å². The molecule has 0 saturated heterocycles. The Hall–Kier alpha value is -6.98. The number of rotatable bonds is 11. The van der Waals surface area contributed by atoms with Crippen LogP contribution in [0.1, 0.15) is 41.4 Å². The van der Waals surface area contributed by atoms with Gasteiger partial charge in [0.1, 0.15) is 22.7 Å². The summed E-state index contributed by atoms with van der Waals surface area (Å²) >= 11 is 0. The van der Waals surface area contributed by atoms with Crippen LogP contribution in [0, 0.1) is 23.3 Å². The molecular weight excluding hydrogens is 696 g/mol. The number of halogens is 4. The number of nitrogens with zero attached hydrogens (tertiary/aromatic N) is 4. The van der Waals surface area contributed by atoms with Crippen LogP contribution in [0.25, 0.3) is 44.8 Å². The van der Waals surface area contributed by atoms with Crippen LogP contribution in [0.2, 0.25) is 0 Å². The Labute approximate surface area is 288 Å². The number of methoxy groups -OCH3 is 2. The lowest BCUT2D eigenvalue weighted by atomic mass is 10.1. The molecule has 6 rings (SSSR count). The smallest absolute Gasteiger partial charge is 0.336 e. The first kappa shape index (κ1) is 34.9. The first-order valence-electron chi connectivity index (χ1n) is 14.9. The summed E-state index contributed by atoms with van der Waals surface area (Å²) in [6, 6.07) is 7.64. The topological polar surface area (TPSA) is 215 Å². The highest BCUT2D eigenvalue weighted by molar-refractivity contribution is 6.04. The van der Waals surface area contributed by atoms with Crippen LogP contribution in [0.5, 0.6) is 11.5 Å². The molecule has 6 N–H and O–H groups in total. The van der Waals surface area contributed by atoms with Crippen molar-refractivity contribution in [3.63, 3.8) is 0 Å². The van der Waals surface area contributed by atoms with E-state index >= 15 is 0 Å². The maximum atomic E-state index is 14.7. The van der Waals surface area contributed by atoms with Crippen molar-refractivity contribution in [2.75, 3.05) is 14.2 Å². The number of imidazole rings is 2. The lowest BCUT2D eigenvalue weighted by Crippen LogP contribution is -2.14. The maximum absolute atomic E-state index is 14.7. The molecule has 52 heavy (non-hydrogen) atoms. The average Bonchev–Trinajstić information content (AvgIpc) is 3.66. The van der Waals surface area contributed by atoms with Crippen molar-refractivity contribution < 1.29 is 56.4 Å². The van der Waals surface area contributed by atoms with Crippen molar-refractivity contribution in [3.05, 3.63) is 94.1 Å². The van der Waals surface area contributed by atoms with Gasteiger partial charge in [-0.25, -0.2) is 37.1 Å². The van der Waals surface area contributed by atoms with Crippen LogP contribution in [-0.2, 0) is 13.1 Å². The predicted molar refractivity (Wildman–Crippen MR) is 174 cm³/mol. The van der Waals surface area contributed by atoms with Crippen LogP contribution in [0.15, 0.2) is 48.5 Å². The number of fused-ring (bicyclic) bond motifs is 2. The molecule has 4 aromatic carbocycles. The number of carboxylic acids is 2. The Bertz CT molecular complexity index is 2360. The van der Waals surface area contributed by atoms with Crippen molar-refractivity contribution in [3.8, 4) is 34.3 Å². The molecule has 0 aliphatic heterocycles. The van der Waals surface area contributed by atoms with Crippen molar-refractivity contribution in [2.24, 2.45) is 11.5 Å². The fourth-order valence-corrected chi connectivity index (χ4v) is 6.02. The standard InChI is InChI=1S/C34H24F4N6O8/c1-51-27-13(29(39)45)3-5-23-25(27)41-31(15-9-19(35)21(37)11-17(15)33(47)48)43(23)7-8-44-24-6-4-14(30(40)46)28(52-2)26(24)42-32(44)16-10-20(36)22(38)12-18(16)34(49)50/h3-6,9-12H,7-8H2,1-2H3,(H2,39,45)(H2,40,46)(H,47,48)(H,49,50). The van der Waals surface area contributed by atoms with Gasteiger partial charge in [-0.2, -0.15) is 0 Å². The van der Waals surface area contributed by atoms with E-state index in [-0.39, 0.29) is 80.6 Å². The Morgan fingerprint density at radius 1 is 0.615 bits per heavy atom. The average molecular weight is 721 g/mol. The van der Waals surface area contributed by atoms with Crippen LogP contribution < -0.4 is 20.9 Å². The molecule has 266 valence electrons. The zero-order chi connectivity index (χ0) is 37.8. The number of carbonyl (C=O) groups is 4. The normalized spacial score (nSPS) is 11.3. The summed E-state index contributed by atoms with van der Waals surface area (Å²) in [4.78, 5) is 57.9. The van der Waals surface area contributed by atoms with Gasteiger partial charge in [0.25, 0.3) is 11.8 Å². The number of nitrogens with two attached hydrogens (primary N) is 2. The van der Waals surface area contributed by atoms with Gasteiger partial charge in [0.15, 0.2) is 34.8 Å². The number of primary amides is 2. The number of amides is 2. The summed E-state index contributed by atoms with van der Waals surface area (Å²) < 4.78 is 71.6.